The number of ether oxygens (including phenoxy) is 3. The Labute approximate surface area is 237 Å². The van der Waals surface area contributed by atoms with Gasteiger partial charge in [0.2, 0.25) is 0 Å². The van der Waals surface area contributed by atoms with Crippen LogP contribution in [-0.2, 0) is 34.0 Å². The van der Waals surface area contributed by atoms with Crippen molar-refractivity contribution in [2.24, 2.45) is 5.92 Å². The van der Waals surface area contributed by atoms with E-state index in [4.69, 9.17) is 14.2 Å². The highest BCUT2D eigenvalue weighted by Gasteiger charge is 2.52. The molecule has 0 aliphatic heterocycles. The molecule has 1 aliphatic carbocycles. The van der Waals surface area contributed by atoms with Crippen LogP contribution in [0.2, 0.25) is 0 Å². The highest BCUT2D eigenvalue weighted by atomic mass is 16.5. The lowest BCUT2D eigenvalue weighted by Crippen LogP contribution is -2.67. The molecule has 0 saturated heterocycles. The predicted molar refractivity (Wildman–Crippen MR) is 154 cm³/mol. The fourth-order valence-electron chi connectivity index (χ4n) is 5.47. The first-order chi connectivity index (χ1) is 19.2. The Hall–Kier alpha value is -3.23. The molecule has 4 rings (SSSR count). The van der Waals surface area contributed by atoms with Crippen molar-refractivity contribution in [1.82, 2.24) is 4.90 Å². The zero-order chi connectivity index (χ0) is 28.5. The van der Waals surface area contributed by atoms with E-state index in [0.29, 0.717) is 26.2 Å². The number of carbonyl (C=O) groups is 1. The fourth-order valence-corrected chi connectivity index (χ4v) is 5.47. The van der Waals surface area contributed by atoms with Crippen molar-refractivity contribution >= 4 is 6.09 Å². The summed E-state index contributed by atoms with van der Waals surface area (Å²) in [7, 11) is 0. The molecule has 0 unspecified atom stereocenters. The van der Waals surface area contributed by atoms with Gasteiger partial charge in [0.05, 0.1) is 44.7 Å². The van der Waals surface area contributed by atoms with Gasteiger partial charge in [-0.15, -0.1) is 0 Å². The quantitative estimate of drug-likeness (QED) is 0.311. The van der Waals surface area contributed by atoms with Crippen LogP contribution < -0.4 is 0 Å². The fraction of sp³-hybridized carbons (Fsp3) is 0.424. The normalized spacial score (nSPS) is 23.1. The van der Waals surface area contributed by atoms with Gasteiger partial charge in [-0.2, -0.15) is 0 Å². The van der Waals surface area contributed by atoms with Crippen molar-refractivity contribution in [1.29, 1.82) is 0 Å². The number of rotatable bonds is 11. The zero-order valence-corrected chi connectivity index (χ0v) is 23.6. The average Bonchev–Trinajstić information content (AvgIpc) is 2.93. The van der Waals surface area contributed by atoms with Gasteiger partial charge >= 0.3 is 6.09 Å². The third-order valence-corrected chi connectivity index (χ3v) is 7.30. The summed E-state index contributed by atoms with van der Waals surface area (Å²) in [4.78, 5) is 13.9. The summed E-state index contributed by atoms with van der Waals surface area (Å²) in [6.07, 6.45) is -2.99. The number of carboxylic acid groups (broad SMARTS) is 1. The standard InChI is InChI=1S/C33H41NO6/c1-33(2,3)34(32(36)37)29-28(35)19-27(23-38-20-24-13-7-4-8-14-24)30(39-21-25-15-9-5-10-16-25)31(29)40-22-26-17-11-6-12-18-26/h4-18,27-31,35H,19-23H2,1-3H3,(H,36,37)/t27-,28+,29+,30-,31-/m1/s1. The first-order valence-corrected chi connectivity index (χ1v) is 13.9. The number of benzene rings is 3. The van der Waals surface area contributed by atoms with Gasteiger partial charge in [0.15, 0.2) is 0 Å². The van der Waals surface area contributed by atoms with E-state index in [1.165, 1.54) is 4.90 Å². The molecule has 7 heteroatoms. The van der Waals surface area contributed by atoms with Crippen LogP contribution in [0.3, 0.4) is 0 Å². The lowest BCUT2D eigenvalue weighted by molar-refractivity contribution is -0.197. The van der Waals surface area contributed by atoms with Gasteiger partial charge in [0.1, 0.15) is 6.10 Å². The molecule has 5 atom stereocenters. The van der Waals surface area contributed by atoms with Gasteiger partial charge in [0, 0.05) is 11.5 Å². The maximum absolute atomic E-state index is 12.6. The molecule has 1 aliphatic rings. The Balaban J connectivity index is 1.64. The van der Waals surface area contributed by atoms with Crippen LogP contribution >= 0.6 is 0 Å². The predicted octanol–water partition coefficient (Wildman–Crippen LogP) is 5.90. The third-order valence-electron chi connectivity index (χ3n) is 7.30. The van der Waals surface area contributed by atoms with Crippen LogP contribution in [0, 0.1) is 5.92 Å². The highest BCUT2D eigenvalue weighted by Crippen LogP contribution is 2.37. The summed E-state index contributed by atoms with van der Waals surface area (Å²) in [6.45, 7) is 6.85. The molecule has 0 aromatic heterocycles. The lowest BCUT2D eigenvalue weighted by Gasteiger charge is -2.51. The summed E-state index contributed by atoms with van der Waals surface area (Å²) >= 11 is 0. The zero-order valence-electron chi connectivity index (χ0n) is 23.6. The Kier molecular flexibility index (Phi) is 10.3. The van der Waals surface area contributed by atoms with Crippen molar-refractivity contribution in [3.8, 4) is 0 Å². The van der Waals surface area contributed by atoms with Gasteiger partial charge in [-0.05, 0) is 43.9 Å². The first kappa shape index (κ1) is 29.7. The minimum Gasteiger partial charge on any atom is -0.465 e. The molecule has 0 radical (unpaired) electrons. The van der Waals surface area contributed by atoms with Crippen LogP contribution in [0.1, 0.15) is 43.9 Å². The van der Waals surface area contributed by atoms with Crippen molar-refractivity contribution < 1.29 is 29.2 Å². The minimum absolute atomic E-state index is 0.213. The summed E-state index contributed by atoms with van der Waals surface area (Å²) in [6, 6.07) is 28.7. The van der Waals surface area contributed by atoms with Crippen LogP contribution in [0.25, 0.3) is 0 Å². The van der Waals surface area contributed by atoms with E-state index in [2.05, 4.69) is 0 Å². The second-order valence-electron chi connectivity index (χ2n) is 11.4. The molecular formula is C33H41NO6. The Morgan fingerprint density at radius 3 is 1.68 bits per heavy atom. The summed E-state index contributed by atoms with van der Waals surface area (Å²) in [5.41, 5.74) is 2.24. The number of aliphatic hydroxyl groups is 1. The summed E-state index contributed by atoms with van der Waals surface area (Å²) in [5.74, 6) is -0.213. The third kappa shape index (κ3) is 7.92. The van der Waals surface area contributed by atoms with Crippen molar-refractivity contribution in [2.45, 2.75) is 76.9 Å². The van der Waals surface area contributed by atoms with Crippen molar-refractivity contribution in [3.63, 3.8) is 0 Å². The lowest BCUT2D eigenvalue weighted by atomic mass is 9.77. The molecule has 2 N–H and O–H groups in total. The van der Waals surface area contributed by atoms with Crippen LogP contribution in [0.4, 0.5) is 4.79 Å². The number of hydrogen-bond acceptors (Lipinski definition) is 5. The average molecular weight is 548 g/mol. The summed E-state index contributed by atoms with van der Waals surface area (Å²) < 4.78 is 19.2. The van der Waals surface area contributed by atoms with Crippen LogP contribution in [0.15, 0.2) is 91.0 Å². The molecule has 1 saturated carbocycles. The van der Waals surface area contributed by atoms with E-state index in [1.807, 2.05) is 112 Å². The maximum atomic E-state index is 12.6. The monoisotopic (exact) mass is 547 g/mol. The van der Waals surface area contributed by atoms with Crippen molar-refractivity contribution in [3.05, 3.63) is 108 Å². The van der Waals surface area contributed by atoms with Gasteiger partial charge in [0.25, 0.3) is 0 Å². The maximum Gasteiger partial charge on any atom is 0.408 e. The number of aliphatic hydroxyl groups excluding tert-OH is 1. The molecule has 0 bridgehead atoms. The molecule has 3 aromatic rings. The SMILES string of the molecule is CC(C)(C)N(C(=O)O)[C@@H]1[C@@H](OCc2ccccc2)[C@H](OCc2ccccc2)[C@@H](COCc2ccccc2)C[C@@H]1O. The number of hydrogen-bond donors (Lipinski definition) is 2. The van der Waals surface area contributed by atoms with Gasteiger partial charge in [-0.1, -0.05) is 91.0 Å². The molecule has 40 heavy (non-hydrogen) atoms. The van der Waals surface area contributed by atoms with E-state index in [9.17, 15) is 15.0 Å². The molecule has 1 fully saturated rings. The van der Waals surface area contributed by atoms with E-state index < -0.39 is 36.0 Å². The molecule has 0 spiro atoms. The van der Waals surface area contributed by atoms with Gasteiger partial charge in [-0.3, -0.25) is 4.90 Å². The number of nitrogens with zero attached hydrogens (tertiary/aromatic N) is 1. The highest BCUT2D eigenvalue weighted by molar-refractivity contribution is 5.66. The Morgan fingerprint density at radius 2 is 1.23 bits per heavy atom. The Morgan fingerprint density at radius 1 is 0.775 bits per heavy atom. The molecule has 3 aromatic carbocycles. The Bertz CT molecular complexity index is 1170. The van der Waals surface area contributed by atoms with Crippen molar-refractivity contribution in [2.75, 3.05) is 6.61 Å². The second kappa shape index (κ2) is 13.9. The van der Waals surface area contributed by atoms with E-state index in [0.717, 1.165) is 16.7 Å². The molecule has 214 valence electrons. The summed E-state index contributed by atoms with van der Waals surface area (Å²) in [5, 5.41) is 21.8. The van der Waals surface area contributed by atoms with Gasteiger partial charge in [-0.25, -0.2) is 4.79 Å². The largest absolute Gasteiger partial charge is 0.465 e. The first-order valence-electron chi connectivity index (χ1n) is 13.9. The number of amides is 1. The molecule has 7 nitrogen and oxygen atoms in total. The van der Waals surface area contributed by atoms with E-state index in [1.54, 1.807) is 0 Å². The van der Waals surface area contributed by atoms with Gasteiger partial charge < -0.3 is 24.4 Å². The smallest absolute Gasteiger partial charge is 0.408 e. The topological polar surface area (TPSA) is 88.5 Å². The molecule has 1 amide bonds. The molecular weight excluding hydrogens is 506 g/mol. The second-order valence-corrected chi connectivity index (χ2v) is 11.4. The van der Waals surface area contributed by atoms with Crippen LogP contribution in [-0.4, -0.2) is 57.7 Å². The molecule has 0 heterocycles. The van der Waals surface area contributed by atoms with E-state index in [-0.39, 0.29) is 12.5 Å². The van der Waals surface area contributed by atoms with E-state index >= 15 is 0 Å². The van der Waals surface area contributed by atoms with Crippen LogP contribution in [0.5, 0.6) is 0 Å². The minimum atomic E-state index is -1.11.